The summed E-state index contributed by atoms with van der Waals surface area (Å²) in [4.78, 5) is 0. The highest BCUT2D eigenvalue weighted by Crippen LogP contribution is 2.45. The predicted octanol–water partition coefficient (Wildman–Crippen LogP) is 20.4. The number of fused-ring (bicyclic) bond motifs is 17. The summed E-state index contributed by atoms with van der Waals surface area (Å²) in [5.74, 6) is 0. The molecule has 0 aliphatic heterocycles. The third kappa shape index (κ3) is 11.5. The molecule has 75 heavy (non-hydrogen) atoms. The van der Waals surface area contributed by atoms with Gasteiger partial charge in [0.15, 0.2) is 0 Å². The van der Waals surface area contributed by atoms with Gasteiger partial charge in [0, 0.05) is 0 Å². The summed E-state index contributed by atoms with van der Waals surface area (Å²) in [6.45, 7) is 24.0. The first kappa shape index (κ1) is 55.7. The normalized spacial score (nSPS) is 12.3. The van der Waals surface area contributed by atoms with E-state index >= 15 is 0 Å². The van der Waals surface area contributed by atoms with Crippen molar-refractivity contribution in [3.63, 3.8) is 0 Å². The van der Waals surface area contributed by atoms with E-state index in [0.717, 1.165) is 57.8 Å². The van der Waals surface area contributed by atoms with Gasteiger partial charge in [0.1, 0.15) is 0 Å². The van der Waals surface area contributed by atoms with Crippen LogP contribution in [0.4, 0.5) is 0 Å². The van der Waals surface area contributed by atoms with Crippen LogP contribution in [0.2, 0.25) is 0 Å². The van der Waals surface area contributed by atoms with Gasteiger partial charge in [-0.15, -0.1) is 0 Å². The summed E-state index contributed by atoms with van der Waals surface area (Å²) in [5, 5.41) is 0. The summed E-state index contributed by atoms with van der Waals surface area (Å²) in [6.07, 6.45) is 9.84. The molecule has 0 heteroatoms. The summed E-state index contributed by atoms with van der Waals surface area (Å²) in [6, 6.07) is 67.6. The van der Waals surface area contributed by atoms with Gasteiger partial charge in [-0.1, -0.05) is 265 Å². The lowest BCUT2D eigenvalue weighted by molar-refractivity contribution is 0.978. The van der Waals surface area contributed by atoms with Gasteiger partial charge in [0.2, 0.25) is 0 Å². The molecule has 0 heterocycles. The van der Waals surface area contributed by atoms with Crippen LogP contribution in [-0.2, 0) is 57.8 Å². The van der Waals surface area contributed by atoms with Crippen molar-refractivity contribution in [2.75, 3.05) is 0 Å². The van der Waals surface area contributed by atoms with Gasteiger partial charge in [-0.2, -0.15) is 0 Å². The van der Waals surface area contributed by atoms with Crippen LogP contribution in [-0.4, -0.2) is 0 Å². The first-order valence-electron chi connectivity index (χ1n) is 29.1. The fraction of sp³-hybridized carbons (Fsp3) is 0.280. The molecular weight excluding hydrogens is 901 g/mol. The molecule has 0 amide bonds. The topological polar surface area (TPSA) is 0 Å². The second-order valence-corrected chi connectivity index (χ2v) is 18.6. The van der Waals surface area contributed by atoms with E-state index in [2.05, 4.69) is 182 Å². The van der Waals surface area contributed by atoms with Gasteiger partial charge in [0.25, 0.3) is 0 Å². The van der Waals surface area contributed by atoms with Crippen molar-refractivity contribution < 1.29 is 0 Å². The molecule has 0 bridgehead atoms. The van der Waals surface area contributed by atoms with E-state index in [1.807, 2.05) is 83.1 Å². The maximum Gasteiger partial charge on any atom is -0.00105 e. The van der Waals surface area contributed by atoms with Gasteiger partial charge in [-0.3, -0.25) is 0 Å². The largest absolute Gasteiger partial charge is 0.0683 e. The Morgan fingerprint density at radius 3 is 1.00 bits per heavy atom. The highest BCUT2D eigenvalue weighted by atomic mass is 14.3. The molecule has 384 valence electrons. The van der Waals surface area contributed by atoms with Crippen LogP contribution in [0.25, 0.3) is 33.4 Å². The van der Waals surface area contributed by atoms with E-state index in [1.165, 1.54) is 117 Å². The molecule has 0 radical (unpaired) electrons. The van der Waals surface area contributed by atoms with E-state index in [4.69, 9.17) is 0 Å². The number of rotatable bonds is 0. The van der Waals surface area contributed by atoms with Gasteiger partial charge < -0.3 is 0 Å². The highest BCUT2D eigenvalue weighted by molar-refractivity contribution is 5.82. The highest BCUT2D eigenvalue weighted by Gasteiger charge is 2.28. The fourth-order valence-corrected chi connectivity index (χ4v) is 11.9. The van der Waals surface area contributed by atoms with Gasteiger partial charge in [-0.25, -0.2) is 0 Å². The van der Waals surface area contributed by atoms with Crippen LogP contribution < -0.4 is 0 Å². The van der Waals surface area contributed by atoms with Crippen LogP contribution in [0.3, 0.4) is 0 Å². The van der Waals surface area contributed by atoms with Crippen molar-refractivity contribution in [1.29, 1.82) is 0 Å². The van der Waals surface area contributed by atoms with E-state index in [-0.39, 0.29) is 0 Å². The van der Waals surface area contributed by atoms with Crippen molar-refractivity contribution in [3.05, 3.63) is 282 Å². The number of benzene rings is 9. The molecule has 0 spiro atoms. The maximum absolute atomic E-state index is 2.46. The first-order valence-corrected chi connectivity index (χ1v) is 29.1. The fourth-order valence-electron chi connectivity index (χ4n) is 11.9. The van der Waals surface area contributed by atoms with Gasteiger partial charge in [0.05, 0.1) is 0 Å². The minimum Gasteiger partial charge on any atom is -0.0683 e. The molecular formula is C75H84. The van der Waals surface area contributed by atoms with Gasteiger partial charge >= 0.3 is 0 Å². The van der Waals surface area contributed by atoms with E-state index in [0.29, 0.717) is 0 Å². The minimum atomic E-state index is 1.08. The molecule has 0 aromatic heterocycles. The molecule has 0 fully saturated rings. The van der Waals surface area contributed by atoms with Crippen molar-refractivity contribution in [2.24, 2.45) is 0 Å². The average Bonchev–Trinajstić information content (AvgIpc) is 4.23. The molecule has 0 atom stereocenters. The molecule has 9 aromatic carbocycles. The standard InChI is InChI=1S/3C21H16.6C2H6/c1-2-6-15-10-18-13-21-19(12-17(18)9-14(15)5-1)11-16-7-3-4-8-20(16)21;1-2-6-15-13-20-17(11-14(15)5-1)9-10-18-12-16-7-3-4-8-19(16)21(18)20;1-2-6-15-12-20-17(11-14(15)5-1)9-10-19-18-8-4-3-7-16(18)13-21(19)20;6*1-2/h1-8,12-13H,9-11H2;2*1-10H,11-13H2;6*1-2H3. The average molecular weight is 985 g/mol. The van der Waals surface area contributed by atoms with Crippen LogP contribution >= 0.6 is 0 Å². The zero-order chi connectivity index (χ0) is 53.4. The second-order valence-electron chi connectivity index (χ2n) is 18.6. The second kappa shape index (κ2) is 27.0. The molecule has 0 nitrogen and oxygen atoms in total. The van der Waals surface area contributed by atoms with Gasteiger partial charge in [-0.05, 0) is 191 Å². The third-order valence-electron chi connectivity index (χ3n) is 15.1. The van der Waals surface area contributed by atoms with E-state index < -0.39 is 0 Å². The Morgan fingerprint density at radius 2 is 0.480 bits per heavy atom. The smallest absolute Gasteiger partial charge is 0.00105 e. The predicted molar refractivity (Wildman–Crippen MR) is 328 cm³/mol. The van der Waals surface area contributed by atoms with Crippen molar-refractivity contribution in [3.8, 4) is 33.4 Å². The lowest BCUT2D eigenvalue weighted by Crippen LogP contribution is -2.09. The number of hydrogen-bond acceptors (Lipinski definition) is 0. The molecule has 0 saturated heterocycles. The Bertz CT molecular complexity index is 3290. The van der Waals surface area contributed by atoms with Crippen molar-refractivity contribution in [1.82, 2.24) is 0 Å². The quantitative estimate of drug-likeness (QED) is 0.142. The molecule has 9 aromatic rings. The molecule has 6 aliphatic rings. The lowest BCUT2D eigenvalue weighted by Gasteiger charge is -2.22. The Balaban J connectivity index is 0.000000149. The Morgan fingerprint density at radius 1 is 0.173 bits per heavy atom. The summed E-state index contributed by atoms with van der Waals surface area (Å²) in [7, 11) is 0. The van der Waals surface area contributed by atoms with Crippen LogP contribution in [0.5, 0.6) is 0 Å². The van der Waals surface area contributed by atoms with E-state index in [9.17, 15) is 0 Å². The number of hydrogen-bond donors (Lipinski definition) is 0. The van der Waals surface area contributed by atoms with E-state index in [1.54, 1.807) is 16.7 Å². The minimum absolute atomic E-state index is 1.08. The lowest BCUT2D eigenvalue weighted by atomic mass is 9.82. The van der Waals surface area contributed by atoms with Crippen molar-refractivity contribution >= 4 is 0 Å². The molecule has 15 rings (SSSR count). The zero-order valence-corrected chi connectivity index (χ0v) is 47.7. The Labute approximate surface area is 454 Å². The molecule has 0 N–H and O–H groups in total. The van der Waals surface area contributed by atoms with Crippen molar-refractivity contribution in [2.45, 2.75) is 141 Å². The molecule has 0 saturated carbocycles. The zero-order valence-electron chi connectivity index (χ0n) is 47.7. The molecule has 0 unspecified atom stereocenters. The summed E-state index contributed by atoms with van der Waals surface area (Å²) < 4.78 is 0. The monoisotopic (exact) mass is 985 g/mol. The Kier molecular flexibility index (Phi) is 20.0. The van der Waals surface area contributed by atoms with Crippen LogP contribution in [0.15, 0.2) is 182 Å². The molecule has 6 aliphatic carbocycles. The summed E-state index contributed by atoms with van der Waals surface area (Å²) in [5.41, 5.74) is 36.1. The third-order valence-corrected chi connectivity index (χ3v) is 15.1. The summed E-state index contributed by atoms with van der Waals surface area (Å²) >= 11 is 0. The first-order chi connectivity index (χ1) is 37.2. The van der Waals surface area contributed by atoms with Crippen LogP contribution in [0, 0.1) is 0 Å². The van der Waals surface area contributed by atoms with Crippen LogP contribution in [0.1, 0.15) is 183 Å². The SMILES string of the molecule is CC.CC.CC.CC.CC.CC.c1ccc2c(c1)Cc1cc3c(cc1C2)-c1ccccc1C3.c1ccc2c(c1)Cc1ccc3c(c1C2)-c1ccccc1C3.c1ccc2c(c1)Cc1ccc3c(c1C2)Cc1ccccc1-3. The Hall–Kier alpha value is -7.02. The maximum atomic E-state index is 2.46.